The highest BCUT2D eigenvalue weighted by Gasteiger charge is 2.25. The molecule has 0 aliphatic heterocycles. The first-order valence-corrected chi connectivity index (χ1v) is 4.17. The predicted molar refractivity (Wildman–Crippen MR) is 44.4 cm³/mol. The molecule has 0 aliphatic rings. The number of carbonyl (C=O) groups excluding carboxylic acids is 2. The lowest BCUT2D eigenvalue weighted by Crippen LogP contribution is -2.23. The Morgan fingerprint density at radius 3 is 2.00 bits per heavy atom. The number of aldehydes is 2. The largest absolute Gasteiger partial charge is 0.302 e. The van der Waals surface area contributed by atoms with Crippen LogP contribution in [0.25, 0.3) is 0 Å². The molecular weight excluding hydrogens is 140 g/mol. The summed E-state index contributed by atoms with van der Waals surface area (Å²) in [4.78, 5) is 21.1. The van der Waals surface area contributed by atoms with Crippen molar-refractivity contribution in [2.45, 2.75) is 39.5 Å². The van der Waals surface area contributed by atoms with Crippen LogP contribution in [0.2, 0.25) is 0 Å². The molecular formula is C9H16O2. The Labute approximate surface area is 68.0 Å². The molecule has 0 saturated carbocycles. The summed E-state index contributed by atoms with van der Waals surface area (Å²) >= 11 is 0. The molecule has 64 valence electrons. The molecule has 0 fully saturated rings. The molecule has 0 atom stereocenters. The third-order valence-corrected chi connectivity index (χ3v) is 2.12. The summed E-state index contributed by atoms with van der Waals surface area (Å²) in [6.07, 6.45) is 4.88. The summed E-state index contributed by atoms with van der Waals surface area (Å²) in [5, 5.41) is 0. The normalized spacial score (nSPS) is 11.1. The Balaban J connectivity index is 4.05. The zero-order valence-corrected chi connectivity index (χ0v) is 7.30. The van der Waals surface area contributed by atoms with Gasteiger partial charge in [-0.25, -0.2) is 0 Å². The molecule has 0 amide bonds. The van der Waals surface area contributed by atoms with Gasteiger partial charge in [0.1, 0.15) is 12.6 Å². The van der Waals surface area contributed by atoms with Gasteiger partial charge in [-0.15, -0.1) is 0 Å². The fourth-order valence-corrected chi connectivity index (χ4v) is 0.995. The van der Waals surface area contributed by atoms with E-state index in [1.807, 2.05) is 6.92 Å². The predicted octanol–water partition coefficient (Wildman–Crippen LogP) is 1.97. The lowest BCUT2D eigenvalue weighted by atomic mass is 9.83. The number of rotatable bonds is 6. The first kappa shape index (κ1) is 10.3. The summed E-state index contributed by atoms with van der Waals surface area (Å²) in [6.45, 7) is 3.93. The smallest absolute Gasteiger partial charge is 0.133 e. The molecule has 0 N–H and O–H groups in total. The Bertz CT molecular complexity index is 122. The first-order chi connectivity index (χ1) is 5.24. The maximum Gasteiger partial charge on any atom is 0.133 e. The maximum absolute atomic E-state index is 10.6. The maximum atomic E-state index is 10.6. The second-order valence-corrected chi connectivity index (χ2v) is 2.93. The monoisotopic (exact) mass is 156 g/mol. The SMILES string of the molecule is CCCCC(C=O)(C=O)CC. The van der Waals surface area contributed by atoms with Gasteiger partial charge in [0.15, 0.2) is 0 Å². The number of hydrogen-bond donors (Lipinski definition) is 0. The van der Waals surface area contributed by atoms with Crippen molar-refractivity contribution in [3.63, 3.8) is 0 Å². The fraction of sp³-hybridized carbons (Fsp3) is 0.778. The van der Waals surface area contributed by atoms with Crippen molar-refractivity contribution in [2.75, 3.05) is 0 Å². The average Bonchev–Trinajstić information content (AvgIpc) is 2.08. The number of hydrogen-bond acceptors (Lipinski definition) is 2. The van der Waals surface area contributed by atoms with E-state index in [0.717, 1.165) is 25.4 Å². The van der Waals surface area contributed by atoms with Crippen LogP contribution in [-0.4, -0.2) is 12.6 Å². The lowest BCUT2D eigenvalue weighted by Gasteiger charge is -2.17. The molecule has 0 aromatic carbocycles. The van der Waals surface area contributed by atoms with Gasteiger partial charge >= 0.3 is 0 Å². The van der Waals surface area contributed by atoms with Gasteiger partial charge in [0.2, 0.25) is 0 Å². The first-order valence-electron chi connectivity index (χ1n) is 4.17. The standard InChI is InChI=1S/C9H16O2/c1-3-5-6-9(4-2,7-10)8-11/h7-8H,3-6H2,1-2H3. The van der Waals surface area contributed by atoms with E-state index >= 15 is 0 Å². The van der Waals surface area contributed by atoms with E-state index in [1.165, 1.54) is 0 Å². The van der Waals surface area contributed by atoms with E-state index in [-0.39, 0.29) is 0 Å². The van der Waals surface area contributed by atoms with Crippen LogP contribution in [0, 0.1) is 5.41 Å². The van der Waals surface area contributed by atoms with Crippen molar-refractivity contribution in [1.29, 1.82) is 0 Å². The Morgan fingerprint density at radius 1 is 1.18 bits per heavy atom. The van der Waals surface area contributed by atoms with Crippen molar-refractivity contribution in [3.05, 3.63) is 0 Å². The molecule has 0 unspecified atom stereocenters. The Kier molecular flexibility index (Phi) is 4.75. The zero-order chi connectivity index (χ0) is 8.74. The highest BCUT2D eigenvalue weighted by atomic mass is 16.1. The minimum absolute atomic E-state index is 0.625. The summed E-state index contributed by atoms with van der Waals surface area (Å²) in [6, 6.07) is 0. The molecule has 2 nitrogen and oxygen atoms in total. The molecule has 2 heteroatoms. The van der Waals surface area contributed by atoms with Crippen LogP contribution >= 0.6 is 0 Å². The topological polar surface area (TPSA) is 34.1 Å². The summed E-state index contributed by atoms with van der Waals surface area (Å²) < 4.78 is 0. The molecule has 0 radical (unpaired) electrons. The average molecular weight is 156 g/mol. The van der Waals surface area contributed by atoms with Crippen molar-refractivity contribution >= 4 is 12.6 Å². The minimum Gasteiger partial charge on any atom is -0.302 e. The number of unbranched alkanes of at least 4 members (excludes halogenated alkanes) is 1. The van der Waals surface area contributed by atoms with Gasteiger partial charge in [-0.05, 0) is 12.8 Å². The quantitative estimate of drug-likeness (QED) is 0.435. The van der Waals surface area contributed by atoms with Crippen molar-refractivity contribution in [2.24, 2.45) is 5.41 Å². The molecule has 11 heavy (non-hydrogen) atoms. The van der Waals surface area contributed by atoms with Crippen LogP contribution in [0.1, 0.15) is 39.5 Å². The van der Waals surface area contributed by atoms with Crippen LogP contribution in [0.3, 0.4) is 0 Å². The van der Waals surface area contributed by atoms with Crippen LogP contribution < -0.4 is 0 Å². The molecule has 0 aromatic heterocycles. The molecule has 0 bridgehead atoms. The van der Waals surface area contributed by atoms with Gasteiger partial charge in [0, 0.05) is 0 Å². The van der Waals surface area contributed by atoms with E-state index in [2.05, 4.69) is 6.92 Å². The van der Waals surface area contributed by atoms with E-state index in [9.17, 15) is 9.59 Å². The summed E-state index contributed by atoms with van der Waals surface area (Å²) in [5.74, 6) is 0. The molecule has 0 aromatic rings. The molecule has 0 heterocycles. The lowest BCUT2D eigenvalue weighted by molar-refractivity contribution is -0.126. The second-order valence-electron chi connectivity index (χ2n) is 2.93. The van der Waals surface area contributed by atoms with Crippen LogP contribution in [0.4, 0.5) is 0 Å². The summed E-state index contributed by atoms with van der Waals surface area (Å²) in [7, 11) is 0. The van der Waals surface area contributed by atoms with Gasteiger partial charge < -0.3 is 9.59 Å². The Hall–Kier alpha value is -0.660. The zero-order valence-electron chi connectivity index (χ0n) is 7.30. The third-order valence-electron chi connectivity index (χ3n) is 2.12. The highest BCUT2D eigenvalue weighted by molar-refractivity contribution is 5.83. The van der Waals surface area contributed by atoms with Gasteiger partial charge in [0.25, 0.3) is 0 Å². The Morgan fingerprint density at radius 2 is 1.73 bits per heavy atom. The second kappa shape index (κ2) is 5.05. The van der Waals surface area contributed by atoms with Crippen molar-refractivity contribution in [1.82, 2.24) is 0 Å². The highest BCUT2D eigenvalue weighted by Crippen LogP contribution is 2.23. The number of carbonyl (C=O) groups is 2. The van der Waals surface area contributed by atoms with Gasteiger partial charge in [-0.3, -0.25) is 0 Å². The van der Waals surface area contributed by atoms with Crippen molar-refractivity contribution < 1.29 is 9.59 Å². The van der Waals surface area contributed by atoms with Gasteiger partial charge in [0.05, 0.1) is 5.41 Å². The molecule has 0 spiro atoms. The van der Waals surface area contributed by atoms with E-state index < -0.39 is 5.41 Å². The van der Waals surface area contributed by atoms with E-state index in [4.69, 9.17) is 0 Å². The minimum atomic E-state index is -0.685. The van der Waals surface area contributed by atoms with Crippen LogP contribution in [0.15, 0.2) is 0 Å². The van der Waals surface area contributed by atoms with Crippen LogP contribution in [0.5, 0.6) is 0 Å². The van der Waals surface area contributed by atoms with Gasteiger partial charge in [-0.2, -0.15) is 0 Å². The van der Waals surface area contributed by atoms with Gasteiger partial charge in [-0.1, -0.05) is 26.7 Å². The molecule has 0 rings (SSSR count). The van der Waals surface area contributed by atoms with Crippen LogP contribution in [-0.2, 0) is 9.59 Å². The summed E-state index contributed by atoms with van der Waals surface area (Å²) in [5.41, 5.74) is -0.685. The third kappa shape index (κ3) is 2.83. The fourth-order valence-electron chi connectivity index (χ4n) is 0.995. The molecule has 0 aliphatic carbocycles. The van der Waals surface area contributed by atoms with E-state index in [1.54, 1.807) is 0 Å². The molecule has 0 saturated heterocycles. The van der Waals surface area contributed by atoms with Crippen molar-refractivity contribution in [3.8, 4) is 0 Å². The van der Waals surface area contributed by atoms with E-state index in [0.29, 0.717) is 12.8 Å².